The zero-order valence-electron chi connectivity index (χ0n) is 8.56. The lowest BCUT2D eigenvalue weighted by Gasteiger charge is -2.30. The van der Waals surface area contributed by atoms with E-state index >= 15 is 0 Å². The van der Waals surface area contributed by atoms with Gasteiger partial charge in [-0.05, 0) is 14.1 Å². The van der Waals surface area contributed by atoms with E-state index in [1.54, 1.807) is 4.90 Å². The smallest absolute Gasteiger partial charge is 0.248 e. The highest BCUT2D eigenvalue weighted by Gasteiger charge is 2.25. The molecule has 0 N–H and O–H groups in total. The Morgan fingerprint density at radius 1 is 1.71 bits per heavy atom. The van der Waals surface area contributed by atoms with Crippen molar-refractivity contribution in [3.05, 3.63) is 0 Å². The molecule has 5 nitrogen and oxygen atoms in total. The molecular weight excluding hydrogens is 182 g/mol. The quantitative estimate of drug-likeness (QED) is 0.600. The van der Waals surface area contributed by atoms with Gasteiger partial charge in [-0.2, -0.15) is 5.26 Å². The van der Waals surface area contributed by atoms with Gasteiger partial charge in [-0.25, -0.2) is 0 Å². The molecule has 1 aliphatic heterocycles. The number of rotatable bonds is 3. The van der Waals surface area contributed by atoms with Crippen molar-refractivity contribution in [2.24, 2.45) is 0 Å². The van der Waals surface area contributed by atoms with E-state index in [-0.39, 0.29) is 12.5 Å². The van der Waals surface area contributed by atoms with Crippen molar-refractivity contribution >= 4 is 5.91 Å². The van der Waals surface area contributed by atoms with Gasteiger partial charge >= 0.3 is 0 Å². The lowest BCUT2D eigenvalue weighted by Crippen LogP contribution is -2.48. The SMILES string of the molecule is CN(C)CCN1CC(C#N)OCC1=O. The van der Waals surface area contributed by atoms with Crippen molar-refractivity contribution in [2.45, 2.75) is 6.10 Å². The second-order valence-electron chi connectivity index (χ2n) is 3.57. The maximum absolute atomic E-state index is 11.3. The summed E-state index contributed by atoms with van der Waals surface area (Å²) >= 11 is 0. The molecule has 1 saturated heterocycles. The molecule has 0 radical (unpaired) electrons. The number of carbonyl (C=O) groups excluding carboxylic acids is 1. The summed E-state index contributed by atoms with van der Waals surface area (Å²) in [6, 6.07) is 2.01. The van der Waals surface area contributed by atoms with Crippen molar-refractivity contribution in [3.63, 3.8) is 0 Å². The Kier molecular flexibility index (Phi) is 3.86. The summed E-state index contributed by atoms with van der Waals surface area (Å²) in [7, 11) is 3.90. The summed E-state index contributed by atoms with van der Waals surface area (Å²) in [5.41, 5.74) is 0. The first-order chi connectivity index (χ1) is 6.63. The molecule has 0 aromatic rings. The van der Waals surface area contributed by atoms with Crippen LogP contribution < -0.4 is 0 Å². The molecule has 78 valence electrons. The second kappa shape index (κ2) is 4.94. The first kappa shape index (κ1) is 11.0. The normalized spacial score (nSPS) is 22.6. The first-order valence-corrected chi connectivity index (χ1v) is 4.57. The van der Waals surface area contributed by atoms with Gasteiger partial charge in [0.2, 0.25) is 5.91 Å². The molecule has 1 fully saturated rings. The number of carbonyl (C=O) groups is 1. The summed E-state index contributed by atoms with van der Waals surface area (Å²) in [5, 5.41) is 8.65. The molecule has 0 spiro atoms. The summed E-state index contributed by atoms with van der Waals surface area (Å²) in [4.78, 5) is 15.0. The summed E-state index contributed by atoms with van der Waals surface area (Å²) in [6.45, 7) is 1.89. The Balaban J connectivity index is 2.41. The Labute approximate surface area is 83.8 Å². The van der Waals surface area contributed by atoms with Gasteiger partial charge in [-0.1, -0.05) is 0 Å². The number of nitrogens with zero attached hydrogens (tertiary/aromatic N) is 3. The Morgan fingerprint density at radius 3 is 3.00 bits per heavy atom. The molecule has 1 amide bonds. The van der Waals surface area contributed by atoms with Crippen LogP contribution >= 0.6 is 0 Å². The van der Waals surface area contributed by atoms with Gasteiger partial charge in [0, 0.05) is 13.1 Å². The second-order valence-corrected chi connectivity index (χ2v) is 3.57. The Bertz CT molecular complexity index is 247. The van der Waals surface area contributed by atoms with Crippen molar-refractivity contribution in [3.8, 4) is 6.07 Å². The fourth-order valence-corrected chi connectivity index (χ4v) is 1.23. The molecule has 5 heteroatoms. The number of morpholine rings is 1. The predicted octanol–water partition coefficient (Wildman–Crippen LogP) is -0.701. The number of amides is 1. The minimum Gasteiger partial charge on any atom is -0.352 e. The summed E-state index contributed by atoms with van der Waals surface area (Å²) < 4.78 is 5.01. The number of hydrogen-bond acceptors (Lipinski definition) is 4. The van der Waals surface area contributed by atoms with Gasteiger partial charge in [0.1, 0.15) is 6.61 Å². The third-order valence-corrected chi connectivity index (χ3v) is 2.11. The molecule has 0 aromatic heterocycles. The third kappa shape index (κ3) is 2.98. The van der Waals surface area contributed by atoms with E-state index in [1.807, 2.05) is 25.1 Å². The first-order valence-electron chi connectivity index (χ1n) is 4.57. The third-order valence-electron chi connectivity index (χ3n) is 2.11. The van der Waals surface area contributed by atoms with Gasteiger partial charge in [-0.15, -0.1) is 0 Å². The molecule has 1 atom stereocenters. The zero-order valence-corrected chi connectivity index (χ0v) is 8.56. The van der Waals surface area contributed by atoms with Crippen molar-refractivity contribution < 1.29 is 9.53 Å². The standard InChI is InChI=1S/C9H15N3O2/c1-11(2)3-4-12-6-8(5-10)14-7-9(12)13/h8H,3-4,6-7H2,1-2H3. The largest absolute Gasteiger partial charge is 0.352 e. The van der Waals surface area contributed by atoms with Crippen LogP contribution in [0, 0.1) is 11.3 Å². The average Bonchev–Trinajstić information content (AvgIpc) is 2.16. The number of nitriles is 1. The van der Waals surface area contributed by atoms with Crippen LogP contribution in [0.25, 0.3) is 0 Å². The van der Waals surface area contributed by atoms with Gasteiger partial charge in [0.25, 0.3) is 0 Å². The van der Waals surface area contributed by atoms with Crippen LogP contribution in [-0.2, 0) is 9.53 Å². The Hall–Kier alpha value is -1.12. The number of likely N-dealkylation sites (N-methyl/N-ethyl adjacent to an activating group) is 1. The summed E-state index contributed by atoms with van der Waals surface area (Å²) in [6.07, 6.45) is -0.463. The lowest BCUT2D eigenvalue weighted by molar-refractivity contribution is -0.145. The Morgan fingerprint density at radius 2 is 2.43 bits per heavy atom. The van der Waals surface area contributed by atoms with Gasteiger partial charge in [-0.3, -0.25) is 4.79 Å². The van der Waals surface area contributed by atoms with E-state index in [0.29, 0.717) is 13.1 Å². The van der Waals surface area contributed by atoms with Crippen molar-refractivity contribution in [1.82, 2.24) is 9.80 Å². The van der Waals surface area contributed by atoms with Crippen LogP contribution in [0.3, 0.4) is 0 Å². The van der Waals surface area contributed by atoms with Crippen molar-refractivity contribution in [2.75, 3.05) is 40.3 Å². The highest BCUT2D eigenvalue weighted by atomic mass is 16.5. The molecule has 1 unspecified atom stereocenters. The van der Waals surface area contributed by atoms with Crippen molar-refractivity contribution in [1.29, 1.82) is 5.26 Å². The molecule has 0 aromatic carbocycles. The van der Waals surface area contributed by atoms with E-state index in [0.717, 1.165) is 6.54 Å². The minimum absolute atomic E-state index is 0.0293. The average molecular weight is 197 g/mol. The number of hydrogen-bond donors (Lipinski definition) is 0. The van der Waals surface area contributed by atoms with Crippen LogP contribution in [0.2, 0.25) is 0 Å². The molecule has 0 aliphatic carbocycles. The molecule has 0 saturated carbocycles. The van der Waals surface area contributed by atoms with Crippen LogP contribution in [-0.4, -0.2) is 62.1 Å². The molecule has 14 heavy (non-hydrogen) atoms. The maximum atomic E-state index is 11.3. The molecule has 0 bridgehead atoms. The van der Waals surface area contributed by atoms with E-state index in [2.05, 4.69) is 0 Å². The molecule has 1 rings (SSSR count). The highest BCUT2D eigenvalue weighted by Crippen LogP contribution is 2.05. The van der Waals surface area contributed by atoms with E-state index in [1.165, 1.54) is 0 Å². The van der Waals surface area contributed by atoms with Crippen LogP contribution in [0.5, 0.6) is 0 Å². The maximum Gasteiger partial charge on any atom is 0.248 e. The van der Waals surface area contributed by atoms with Crippen LogP contribution in [0.1, 0.15) is 0 Å². The van der Waals surface area contributed by atoms with Crippen LogP contribution in [0.15, 0.2) is 0 Å². The van der Waals surface area contributed by atoms with Gasteiger partial charge < -0.3 is 14.5 Å². The van der Waals surface area contributed by atoms with Gasteiger partial charge in [0.15, 0.2) is 6.10 Å². The number of ether oxygens (including phenoxy) is 1. The molecule has 1 heterocycles. The molecular formula is C9H15N3O2. The minimum atomic E-state index is -0.463. The lowest BCUT2D eigenvalue weighted by atomic mass is 10.3. The zero-order chi connectivity index (χ0) is 10.6. The highest BCUT2D eigenvalue weighted by molar-refractivity contribution is 5.78. The van der Waals surface area contributed by atoms with E-state index in [9.17, 15) is 4.79 Å². The molecule has 1 aliphatic rings. The predicted molar refractivity (Wildman–Crippen MR) is 50.5 cm³/mol. The van der Waals surface area contributed by atoms with E-state index < -0.39 is 6.10 Å². The topological polar surface area (TPSA) is 56.6 Å². The fourth-order valence-electron chi connectivity index (χ4n) is 1.23. The monoisotopic (exact) mass is 197 g/mol. The van der Waals surface area contributed by atoms with Gasteiger partial charge in [0.05, 0.1) is 12.6 Å². The van der Waals surface area contributed by atoms with Crippen LogP contribution in [0.4, 0.5) is 0 Å². The van der Waals surface area contributed by atoms with E-state index in [4.69, 9.17) is 10.00 Å². The summed E-state index contributed by atoms with van der Waals surface area (Å²) in [5.74, 6) is -0.0293. The fraction of sp³-hybridized carbons (Fsp3) is 0.778.